The number of aromatic nitrogens is 1. The van der Waals surface area contributed by atoms with E-state index < -0.39 is 5.92 Å². The maximum Gasteiger partial charge on any atom is 0.253 e. The van der Waals surface area contributed by atoms with E-state index in [9.17, 15) is 9.59 Å². The van der Waals surface area contributed by atoms with Gasteiger partial charge in [0, 0.05) is 17.6 Å². The van der Waals surface area contributed by atoms with Gasteiger partial charge in [0.05, 0.1) is 5.92 Å². The zero-order valence-corrected chi connectivity index (χ0v) is 15.3. The Labute approximate surface area is 162 Å². The van der Waals surface area contributed by atoms with E-state index in [0.717, 1.165) is 22.0 Å². The van der Waals surface area contributed by atoms with E-state index in [2.05, 4.69) is 10.3 Å². The zero-order chi connectivity index (χ0) is 19.3. The molecule has 138 valence electrons. The molecule has 0 saturated heterocycles. The number of nitrogens with one attached hydrogen (secondary N) is 2. The van der Waals surface area contributed by atoms with E-state index >= 15 is 0 Å². The molecular formula is C24H20N2O2. The first-order chi connectivity index (χ1) is 13.7. The average molecular weight is 368 g/mol. The minimum atomic E-state index is -0.429. The molecule has 0 aliphatic carbocycles. The van der Waals surface area contributed by atoms with E-state index in [-0.39, 0.29) is 18.0 Å². The van der Waals surface area contributed by atoms with Gasteiger partial charge in [-0.25, -0.2) is 0 Å². The number of rotatable bonds is 5. The van der Waals surface area contributed by atoms with Crippen LogP contribution in [0.25, 0.3) is 10.9 Å². The number of carbonyl (C=O) groups is 1. The van der Waals surface area contributed by atoms with Crippen molar-refractivity contribution in [3.8, 4) is 0 Å². The standard InChI is InChI=1S/C24H20N2O2/c27-23-20(15-19-13-7-8-14-21(19)26-23)16-25-24(28)22(17-9-3-1-4-10-17)18-11-5-2-6-12-18/h1-15,22H,16H2,(H,25,28)(H,26,27). The van der Waals surface area contributed by atoms with Crippen molar-refractivity contribution in [1.82, 2.24) is 10.3 Å². The van der Waals surface area contributed by atoms with Crippen LogP contribution in [0.2, 0.25) is 0 Å². The Balaban J connectivity index is 1.60. The summed E-state index contributed by atoms with van der Waals surface area (Å²) in [7, 11) is 0. The highest BCUT2D eigenvalue weighted by Crippen LogP contribution is 2.24. The van der Waals surface area contributed by atoms with Crippen LogP contribution in [-0.4, -0.2) is 10.9 Å². The number of H-pyrrole nitrogens is 1. The number of hydrogen-bond acceptors (Lipinski definition) is 2. The number of fused-ring (bicyclic) bond motifs is 1. The Kier molecular flexibility index (Phi) is 5.02. The van der Waals surface area contributed by atoms with Gasteiger partial charge < -0.3 is 10.3 Å². The molecular weight excluding hydrogens is 348 g/mol. The molecule has 0 radical (unpaired) electrons. The second kappa shape index (κ2) is 7.92. The summed E-state index contributed by atoms with van der Waals surface area (Å²) >= 11 is 0. The van der Waals surface area contributed by atoms with Crippen molar-refractivity contribution in [2.24, 2.45) is 0 Å². The number of amides is 1. The highest BCUT2D eigenvalue weighted by molar-refractivity contribution is 5.87. The van der Waals surface area contributed by atoms with Crippen LogP contribution in [0.15, 0.2) is 95.8 Å². The molecule has 1 aromatic heterocycles. The lowest BCUT2D eigenvalue weighted by Gasteiger charge is -2.18. The number of benzene rings is 3. The molecule has 0 aliphatic rings. The van der Waals surface area contributed by atoms with Crippen LogP contribution in [0.3, 0.4) is 0 Å². The summed E-state index contributed by atoms with van der Waals surface area (Å²) in [4.78, 5) is 28.3. The van der Waals surface area contributed by atoms with Gasteiger partial charge in [-0.05, 0) is 28.6 Å². The van der Waals surface area contributed by atoms with Crippen LogP contribution in [0.4, 0.5) is 0 Å². The Hall–Kier alpha value is -3.66. The zero-order valence-electron chi connectivity index (χ0n) is 15.3. The number of aromatic amines is 1. The number of pyridine rings is 1. The second-order valence-electron chi connectivity index (χ2n) is 6.68. The molecule has 4 heteroatoms. The summed E-state index contributed by atoms with van der Waals surface area (Å²) in [5.41, 5.74) is 2.97. The van der Waals surface area contributed by atoms with Crippen molar-refractivity contribution < 1.29 is 4.79 Å². The normalized spacial score (nSPS) is 10.9. The summed E-state index contributed by atoms with van der Waals surface area (Å²) in [6.45, 7) is 0.176. The maximum absolute atomic E-state index is 13.1. The van der Waals surface area contributed by atoms with E-state index in [1.54, 1.807) is 0 Å². The lowest BCUT2D eigenvalue weighted by Crippen LogP contribution is -2.31. The minimum Gasteiger partial charge on any atom is -0.351 e. The fraction of sp³-hybridized carbons (Fsp3) is 0.0833. The quantitative estimate of drug-likeness (QED) is 0.560. The van der Waals surface area contributed by atoms with Crippen molar-refractivity contribution in [2.75, 3.05) is 0 Å². The van der Waals surface area contributed by atoms with Crippen molar-refractivity contribution >= 4 is 16.8 Å². The molecule has 4 aromatic rings. The molecule has 0 atom stereocenters. The van der Waals surface area contributed by atoms with Gasteiger partial charge in [-0.15, -0.1) is 0 Å². The van der Waals surface area contributed by atoms with Crippen molar-refractivity contribution in [3.63, 3.8) is 0 Å². The molecule has 2 N–H and O–H groups in total. The van der Waals surface area contributed by atoms with Crippen LogP contribution >= 0.6 is 0 Å². The molecule has 0 unspecified atom stereocenters. The van der Waals surface area contributed by atoms with E-state index in [1.807, 2.05) is 91.0 Å². The highest BCUT2D eigenvalue weighted by atomic mass is 16.2. The molecule has 0 saturated carbocycles. The van der Waals surface area contributed by atoms with Gasteiger partial charge in [0.15, 0.2) is 0 Å². The van der Waals surface area contributed by atoms with Crippen molar-refractivity contribution in [1.29, 1.82) is 0 Å². The summed E-state index contributed by atoms with van der Waals surface area (Å²) in [5, 5.41) is 3.88. The number of hydrogen-bond donors (Lipinski definition) is 2. The maximum atomic E-state index is 13.1. The summed E-state index contributed by atoms with van der Waals surface area (Å²) < 4.78 is 0. The predicted molar refractivity (Wildman–Crippen MR) is 111 cm³/mol. The number of para-hydroxylation sites is 1. The minimum absolute atomic E-state index is 0.134. The number of carbonyl (C=O) groups excluding carboxylic acids is 1. The van der Waals surface area contributed by atoms with Crippen LogP contribution in [-0.2, 0) is 11.3 Å². The van der Waals surface area contributed by atoms with Crippen LogP contribution in [0, 0.1) is 0 Å². The van der Waals surface area contributed by atoms with Gasteiger partial charge in [-0.2, -0.15) is 0 Å². The first-order valence-corrected chi connectivity index (χ1v) is 9.21. The topological polar surface area (TPSA) is 62.0 Å². The van der Waals surface area contributed by atoms with E-state index in [4.69, 9.17) is 0 Å². The lowest BCUT2D eigenvalue weighted by molar-refractivity contribution is -0.121. The van der Waals surface area contributed by atoms with Gasteiger partial charge in [-0.1, -0.05) is 78.9 Å². The monoisotopic (exact) mass is 368 g/mol. The molecule has 1 amide bonds. The molecule has 0 bridgehead atoms. The molecule has 1 heterocycles. The Morgan fingerprint density at radius 2 is 1.39 bits per heavy atom. The second-order valence-corrected chi connectivity index (χ2v) is 6.68. The lowest BCUT2D eigenvalue weighted by atomic mass is 9.90. The molecule has 28 heavy (non-hydrogen) atoms. The van der Waals surface area contributed by atoms with E-state index in [0.29, 0.717) is 5.56 Å². The summed E-state index contributed by atoms with van der Waals surface area (Å²) in [6.07, 6.45) is 0. The molecule has 0 aliphatic heterocycles. The molecule has 0 spiro atoms. The first kappa shape index (κ1) is 17.7. The third kappa shape index (κ3) is 3.71. The SMILES string of the molecule is O=C(NCc1cc2ccccc2[nH]c1=O)C(c1ccccc1)c1ccccc1. The third-order valence-corrected chi connectivity index (χ3v) is 4.81. The van der Waals surface area contributed by atoms with Crippen molar-refractivity contribution in [3.05, 3.63) is 118 Å². The first-order valence-electron chi connectivity index (χ1n) is 9.21. The Morgan fingerprint density at radius 1 is 0.821 bits per heavy atom. The third-order valence-electron chi connectivity index (χ3n) is 4.81. The van der Waals surface area contributed by atoms with Gasteiger partial charge in [0.25, 0.3) is 5.56 Å². The van der Waals surface area contributed by atoms with Gasteiger partial charge in [0.1, 0.15) is 0 Å². The summed E-state index contributed by atoms with van der Waals surface area (Å²) in [6, 6.07) is 28.8. The molecule has 4 nitrogen and oxygen atoms in total. The van der Waals surface area contributed by atoms with Crippen LogP contribution in [0.5, 0.6) is 0 Å². The van der Waals surface area contributed by atoms with Gasteiger partial charge in [-0.3, -0.25) is 9.59 Å². The average Bonchev–Trinajstić information content (AvgIpc) is 2.74. The van der Waals surface area contributed by atoms with Crippen LogP contribution in [0.1, 0.15) is 22.6 Å². The summed E-state index contributed by atoms with van der Waals surface area (Å²) in [5.74, 6) is -0.563. The largest absolute Gasteiger partial charge is 0.351 e. The molecule has 3 aromatic carbocycles. The fourth-order valence-corrected chi connectivity index (χ4v) is 3.39. The van der Waals surface area contributed by atoms with Crippen molar-refractivity contribution in [2.45, 2.75) is 12.5 Å². The van der Waals surface area contributed by atoms with Gasteiger partial charge in [0.2, 0.25) is 5.91 Å². The van der Waals surface area contributed by atoms with Crippen LogP contribution < -0.4 is 10.9 Å². The van der Waals surface area contributed by atoms with Gasteiger partial charge >= 0.3 is 0 Å². The fourth-order valence-electron chi connectivity index (χ4n) is 3.39. The Morgan fingerprint density at radius 3 is 2.04 bits per heavy atom. The molecule has 4 rings (SSSR count). The Bertz CT molecular complexity index is 1110. The molecule has 0 fully saturated rings. The highest BCUT2D eigenvalue weighted by Gasteiger charge is 2.22. The smallest absolute Gasteiger partial charge is 0.253 e. The predicted octanol–water partition coefficient (Wildman–Crippen LogP) is 3.98. The van der Waals surface area contributed by atoms with E-state index in [1.165, 1.54) is 0 Å².